The maximum Gasteiger partial charge on any atom is 0.186 e. The molecule has 7 aliphatic rings. The van der Waals surface area contributed by atoms with Crippen LogP contribution in [0.25, 0.3) is 0 Å². The largest absolute Gasteiger partial charge is 0.393 e. The summed E-state index contributed by atoms with van der Waals surface area (Å²) in [6.45, 7) is 12.0. The molecule has 8 heteroatoms. The normalized spacial score (nSPS) is 60.2. The first-order chi connectivity index (χ1) is 19.4. The van der Waals surface area contributed by atoms with Crippen molar-refractivity contribution in [2.24, 2.45) is 46.3 Å². The van der Waals surface area contributed by atoms with Crippen LogP contribution in [0.4, 0.5) is 0 Å². The summed E-state index contributed by atoms with van der Waals surface area (Å²) in [7, 11) is 0. The lowest BCUT2D eigenvalue weighted by Crippen LogP contribution is -2.61. The van der Waals surface area contributed by atoms with Crippen molar-refractivity contribution >= 4 is 0 Å². The predicted molar refractivity (Wildman–Crippen MR) is 150 cm³/mol. The summed E-state index contributed by atoms with van der Waals surface area (Å²) in [5.74, 6) is 2.51. The summed E-state index contributed by atoms with van der Waals surface area (Å²) in [5.41, 5.74) is 1.16. The smallest absolute Gasteiger partial charge is 0.186 e. The van der Waals surface area contributed by atoms with E-state index in [0.29, 0.717) is 48.3 Å². The minimum Gasteiger partial charge on any atom is -0.393 e. The van der Waals surface area contributed by atoms with E-state index in [1.54, 1.807) is 6.92 Å². The van der Waals surface area contributed by atoms with Gasteiger partial charge in [0.05, 0.1) is 31.0 Å². The van der Waals surface area contributed by atoms with Crippen molar-refractivity contribution in [2.75, 3.05) is 6.61 Å². The minimum atomic E-state index is -1.35. The Morgan fingerprint density at radius 1 is 0.927 bits per heavy atom. The second-order valence-corrected chi connectivity index (χ2v) is 15.5. The molecular formula is C33H52O8. The molecule has 0 bridgehead atoms. The Hall–Kier alpha value is -0.580. The van der Waals surface area contributed by atoms with Crippen LogP contribution in [0.2, 0.25) is 0 Å². The van der Waals surface area contributed by atoms with Crippen molar-refractivity contribution in [1.82, 2.24) is 0 Å². The van der Waals surface area contributed by atoms with E-state index in [9.17, 15) is 20.4 Å². The minimum absolute atomic E-state index is 0.200. The molecule has 0 aromatic heterocycles. The summed E-state index contributed by atoms with van der Waals surface area (Å²) in [6.07, 6.45) is 3.78. The Labute approximate surface area is 244 Å². The molecule has 0 radical (unpaired) electrons. The van der Waals surface area contributed by atoms with Gasteiger partial charge in [-0.05, 0) is 80.5 Å². The Bertz CT molecular complexity index is 1040. The number of rotatable bonds is 2. The first-order valence-corrected chi connectivity index (χ1v) is 16.4. The highest BCUT2D eigenvalue weighted by molar-refractivity contribution is 5.28. The highest BCUT2D eigenvalue weighted by Gasteiger charge is 2.69. The van der Waals surface area contributed by atoms with Gasteiger partial charge in [0.1, 0.15) is 18.3 Å². The van der Waals surface area contributed by atoms with Crippen LogP contribution in [0.1, 0.15) is 86.0 Å². The van der Waals surface area contributed by atoms with Gasteiger partial charge in [0.2, 0.25) is 0 Å². The van der Waals surface area contributed by atoms with Crippen molar-refractivity contribution < 1.29 is 39.4 Å². The van der Waals surface area contributed by atoms with Gasteiger partial charge in [0, 0.05) is 24.2 Å². The van der Waals surface area contributed by atoms with E-state index in [4.69, 9.17) is 18.9 Å². The van der Waals surface area contributed by atoms with E-state index in [0.717, 1.165) is 38.7 Å². The average molecular weight is 577 g/mol. The van der Waals surface area contributed by atoms with Crippen molar-refractivity contribution in [2.45, 2.75) is 141 Å². The quantitative estimate of drug-likeness (QED) is 0.369. The highest BCUT2D eigenvalue weighted by atomic mass is 16.7. The molecule has 0 aromatic rings. The van der Waals surface area contributed by atoms with Crippen LogP contribution in [0.5, 0.6) is 0 Å². The Balaban J connectivity index is 1.15. The molecule has 1 spiro atoms. The van der Waals surface area contributed by atoms with Crippen molar-refractivity contribution in [1.29, 1.82) is 0 Å². The maximum absolute atomic E-state index is 10.9. The van der Waals surface area contributed by atoms with Gasteiger partial charge in [-0.1, -0.05) is 39.3 Å². The molecule has 0 unspecified atom stereocenters. The van der Waals surface area contributed by atoms with Crippen LogP contribution >= 0.6 is 0 Å². The molecule has 4 N–H and O–H groups in total. The molecule has 7 rings (SSSR count). The summed E-state index contributed by atoms with van der Waals surface area (Å²) in [6, 6.07) is 0. The van der Waals surface area contributed by atoms with E-state index < -0.39 is 42.6 Å². The Kier molecular flexibility index (Phi) is 7.08. The van der Waals surface area contributed by atoms with Crippen LogP contribution in [-0.2, 0) is 18.9 Å². The van der Waals surface area contributed by atoms with E-state index in [2.05, 4.69) is 33.8 Å². The van der Waals surface area contributed by atoms with Crippen molar-refractivity contribution in [3.05, 3.63) is 11.6 Å². The first-order valence-electron chi connectivity index (χ1n) is 16.4. The highest BCUT2D eigenvalue weighted by Crippen LogP contribution is 2.70. The predicted octanol–water partition coefficient (Wildman–Crippen LogP) is 3.54. The molecule has 41 heavy (non-hydrogen) atoms. The number of aliphatic hydroxyl groups is 4. The SMILES string of the molecule is C[C@H]1CC[C@@]2(OC1)O[C@H]1C[C@H]3[C@@H]4CC=C5C[C@@H](O)C[C@@H](O[C@@H]6O[C@H](C)[C@H](O)[C@H](O)[C@H]6O)[C@]5(C)[C@H]4CC[C@]3(C)[C@H]1[C@@H]2C. The number of aliphatic hydroxyl groups excluding tert-OH is 4. The maximum atomic E-state index is 10.9. The molecule has 3 aliphatic heterocycles. The van der Waals surface area contributed by atoms with E-state index in [1.807, 2.05) is 0 Å². The third kappa shape index (κ3) is 4.14. The van der Waals surface area contributed by atoms with Gasteiger partial charge in [-0.25, -0.2) is 0 Å². The topological polar surface area (TPSA) is 118 Å². The summed E-state index contributed by atoms with van der Waals surface area (Å²) >= 11 is 0. The van der Waals surface area contributed by atoms with Gasteiger partial charge in [-0.3, -0.25) is 0 Å². The zero-order chi connectivity index (χ0) is 29.1. The fourth-order valence-electron chi connectivity index (χ4n) is 11.2. The second kappa shape index (κ2) is 9.96. The number of hydrogen-bond donors (Lipinski definition) is 4. The monoisotopic (exact) mass is 576 g/mol. The lowest BCUT2D eigenvalue weighted by Gasteiger charge is -2.60. The van der Waals surface area contributed by atoms with E-state index in [-0.39, 0.29) is 23.0 Å². The van der Waals surface area contributed by atoms with Crippen molar-refractivity contribution in [3.8, 4) is 0 Å². The standard InChI is InChI=1S/C33H52O8/c1-16-8-11-33(38-15-16)17(2)26-24(41-33)14-23-21-7-6-19-12-20(34)13-25(32(19,5)22(21)9-10-31(23,26)4)40-30-29(37)28(36)27(35)18(3)39-30/h6,16-18,20-30,34-37H,7-15H2,1-5H3/t16-,17-,18+,20+,21+,22-,23-,24-,25+,26-,27-,28-,29+,30-,31-,32-,33+/m0/s1. The van der Waals surface area contributed by atoms with Crippen LogP contribution < -0.4 is 0 Å². The fraction of sp³-hybridized carbons (Fsp3) is 0.939. The third-order valence-corrected chi connectivity index (χ3v) is 13.5. The van der Waals surface area contributed by atoms with Crippen LogP contribution in [-0.4, -0.2) is 81.8 Å². The van der Waals surface area contributed by atoms with Gasteiger partial charge < -0.3 is 39.4 Å². The second-order valence-electron chi connectivity index (χ2n) is 15.5. The number of ether oxygens (including phenoxy) is 4. The van der Waals surface area contributed by atoms with Gasteiger partial charge in [0.25, 0.3) is 0 Å². The number of allylic oxidation sites excluding steroid dienone is 1. The number of fused-ring (bicyclic) bond motifs is 7. The van der Waals surface area contributed by atoms with E-state index in [1.165, 1.54) is 12.0 Å². The molecule has 3 saturated carbocycles. The molecular weight excluding hydrogens is 524 g/mol. The zero-order valence-corrected chi connectivity index (χ0v) is 25.4. The van der Waals surface area contributed by atoms with E-state index >= 15 is 0 Å². The molecule has 8 nitrogen and oxygen atoms in total. The molecule has 0 amide bonds. The molecule has 17 atom stereocenters. The number of hydrogen-bond acceptors (Lipinski definition) is 8. The van der Waals surface area contributed by atoms with Crippen LogP contribution in [0.3, 0.4) is 0 Å². The molecule has 4 aliphatic carbocycles. The summed E-state index contributed by atoms with van der Waals surface area (Å²) < 4.78 is 25.9. The molecule has 232 valence electrons. The first kappa shape index (κ1) is 29.1. The molecule has 6 fully saturated rings. The van der Waals surface area contributed by atoms with Gasteiger partial charge in [-0.15, -0.1) is 0 Å². The molecule has 0 aromatic carbocycles. The Morgan fingerprint density at radius 2 is 1.71 bits per heavy atom. The van der Waals surface area contributed by atoms with Crippen LogP contribution in [0, 0.1) is 46.3 Å². The Morgan fingerprint density at radius 3 is 2.44 bits per heavy atom. The average Bonchev–Trinajstić information content (AvgIpc) is 3.38. The van der Waals surface area contributed by atoms with Crippen LogP contribution in [0.15, 0.2) is 11.6 Å². The third-order valence-electron chi connectivity index (χ3n) is 13.5. The summed E-state index contributed by atoms with van der Waals surface area (Å²) in [4.78, 5) is 0. The summed E-state index contributed by atoms with van der Waals surface area (Å²) in [5, 5.41) is 42.3. The zero-order valence-electron chi connectivity index (χ0n) is 25.4. The van der Waals surface area contributed by atoms with Gasteiger partial charge in [-0.2, -0.15) is 0 Å². The lowest BCUT2D eigenvalue weighted by atomic mass is 9.46. The lowest BCUT2D eigenvalue weighted by molar-refractivity contribution is -0.318. The molecule has 3 heterocycles. The fourth-order valence-corrected chi connectivity index (χ4v) is 11.2. The van der Waals surface area contributed by atoms with Crippen molar-refractivity contribution in [3.63, 3.8) is 0 Å². The van der Waals surface area contributed by atoms with Gasteiger partial charge >= 0.3 is 0 Å². The molecule has 3 saturated heterocycles. The van der Waals surface area contributed by atoms with Gasteiger partial charge in [0.15, 0.2) is 12.1 Å².